The molecule has 136 valence electrons. The summed E-state index contributed by atoms with van der Waals surface area (Å²) >= 11 is 19.5. The molecule has 0 aliphatic carbocycles. The Morgan fingerprint density at radius 2 is 1.88 bits per heavy atom. The zero-order valence-corrected chi connectivity index (χ0v) is 16.6. The van der Waals surface area contributed by atoms with Crippen molar-refractivity contribution >= 4 is 46.6 Å². The van der Waals surface area contributed by atoms with E-state index in [1.807, 2.05) is 11.6 Å². The third kappa shape index (κ3) is 4.62. The second-order valence-electron chi connectivity index (χ2n) is 5.35. The van der Waals surface area contributed by atoms with Crippen molar-refractivity contribution in [2.75, 3.05) is 0 Å². The van der Waals surface area contributed by atoms with Gasteiger partial charge < -0.3 is 9.30 Å². The van der Waals surface area contributed by atoms with Gasteiger partial charge in [0.25, 0.3) is 0 Å². The highest BCUT2D eigenvalue weighted by Crippen LogP contribution is 2.29. The third-order valence-corrected chi connectivity index (χ3v) is 5.52. The monoisotopic (exact) mass is 431 g/mol. The van der Waals surface area contributed by atoms with Gasteiger partial charge in [-0.05, 0) is 29.8 Å². The fraction of sp³-hybridized carbons (Fsp3) is 0.176. The van der Waals surface area contributed by atoms with Crippen molar-refractivity contribution in [2.45, 2.75) is 17.5 Å². The Morgan fingerprint density at radius 1 is 1.08 bits per heavy atom. The van der Waals surface area contributed by atoms with Crippen LogP contribution in [0.3, 0.4) is 0 Å². The van der Waals surface area contributed by atoms with Crippen LogP contribution in [0.4, 0.5) is 4.39 Å². The van der Waals surface area contributed by atoms with Gasteiger partial charge in [-0.25, -0.2) is 4.39 Å². The summed E-state index contributed by atoms with van der Waals surface area (Å²) in [7, 11) is 1.84. The van der Waals surface area contributed by atoms with Gasteiger partial charge in [0.1, 0.15) is 18.2 Å². The normalized spacial score (nSPS) is 11.0. The van der Waals surface area contributed by atoms with Crippen molar-refractivity contribution in [1.82, 2.24) is 14.8 Å². The zero-order valence-electron chi connectivity index (χ0n) is 13.5. The molecule has 0 radical (unpaired) electrons. The zero-order chi connectivity index (χ0) is 18.7. The third-order valence-electron chi connectivity index (χ3n) is 3.55. The summed E-state index contributed by atoms with van der Waals surface area (Å²) in [5.41, 5.74) is 0.824. The van der Waals surface area contributed by atoms with Crippen molar-refractivity contribution < 1.29 is 9.13 Å². The van der Waals surface area contributed by atoms with Crippen LogP contribution in [0.5, 0.6) is 5.75 Å². The minimum Gasteiger partial charge on any atom is -0.484 e. The average Bonchev–Trinajstić information content (AvgIpc) is 2.95. The molecule has 4 nitrogen and oxygen atoms in total. The van der Waals surface area contributed by atoms with Crippen LogP contribution in [-0.4, -0.2) is 14.8 Å². The predicted octanol–water partition coefficient (Wildman–Crippen LogP) is 5.79. The number of hydrogen-bond donors (Lipinski definition) is 0. The molecule has 0 aliphatic rings. The second kappa shape index (κ2) is 8.48. The minimum absolute atomic E-state index is 0.196. The van der Waals surface area contributed by atoms with Gasteiger partial charge in [0.15, 0.2) is 11.0 Å². The summed E-state index contributed by atoms with van der Waals surface area (Å²) in [6.07, 6.45) is 0. The number of thioether (sulfide) groups is 1. The maximum Gasteiger partial charge on any atom is 0.191 e. The van der Waals surface area contributed by atoms with Gasteiger partial charge in [-0.15, -0.1) is 10.2 Å². The van der Waals surface area contributed by atoms with E-state index >= 15 is 0 Å². The molecule has 0 atom stereocenters. The lowest BCUT2D eigenvalue weighted by molar-refractivity contribution is 0.290. The maximum atomic E-state index is 13.1. The first-order valence-corrected chi connectivity index (χ1v) is 9.59. The van der Waals surface area contributed by atoms with E-state index in [1.165, 1.54) is 23.9 Å². The Hall–Kier alpha value is -1.47. The van der Waals surface area contributed by atoms with Crippen LogP contribution in [0, 0.1) is 5.82 Å². The SMILES string of the molecule is Cn1c(COc2cc(Cl)ccc2Cl)nnc1SCc1ccc(F)cc1Cl. The quantitative estimate of drug-likeness (QED) is 0.463. The minimum atomic E-state index is -0.360. The van der Waals surface area contributed by atoms with Crippen molar-refractivity contribution in [3.05, 3.63) is 68.7 Å². The molecule has 0 bridgehead atoms. The Bertz CT molecular complexity index is 936. The maximum absolute atomic E-state index is 13.1. The van der Waals surface area contributed by atoms with Crippen LogP contribution in [0.15, 0.2) is 41.6 Å². The Kier molecular flexibility index (Phi) is 6.29. The number of rotatable bonds is 6. The van der Waals surface area contributed by atoms with Gasteiger partial charge >= 0.3 is 0 Å². The van der Waals surface area contributed by atoms with Crippen LogP contribution in [0.25, 0.3) is 0 Å². The van der Waals surface area contributed by atoms with E-state index in [4.69, 9.17) is 39.5 Å². The van der Waals surface area contributed by atoms with E-state index in [1.54, 1.807) is 24.3 Å². The molecule has 1 heterocycles. The molecule has 0 unspecified atom stereocenters. The summed E-state index contributed by atoms with van der Waals surface area (Å²) in [6.45, 7) is 0.196. The highest BCUT2D eigenvalue weighted by atomic mass is 35.5. The van der Waals surface area contributed by atoms with E-state index in [9.17, 15) is 4.39 Å². The number of nitrogens with zero attached hydrogens (tertiary/aromatic N) is 3. The molecule has 3 rings (SSSR count). The van der Waals surface area contributed by atoms with Gasteiger partial charge in [-0.2, -0.15) is 0 Å². The molecular formula is C17H13Cl3FN3OS. The molecule has 0 N–H and O–H groups in total. The largest absolute Gasteiger partial charge is 0.484 e. The van der Waals surface area contributed by atoms with E-state index in [0.29, 0.717) is 37.6 Å². The lowest BCUT2D eigenvalue weighted by atomic mass is 10.2. The Labute approximate surface area is 169 Å². The van der Waals surface area contributed by atoms with E-state index < -0.39 is 0 Å². The highest BCUT2D eigenvalue weighted by Gasteiger charge is 2.12. The molecule has 0 saturated heterocycles. The number of hydrogen-bond acceptors (Lipinski definition) is 4. The fourth-order valence-corrected chi connectivity index (χ4v) is 3.69. The van der Waals surface area contributed by atoms with Crippen molar-refractivity contribution in [3.8, 4) is 5.75 Å². The standard InChI is InChI=1S/C17H13Cl3FN3OS/c1-24-16(8-25-15-6-11(18)3-5-13(15)19)22-23-17(24)26-9-10-2-4-12(21)7-14(10)20/h2-7H,8-9H2,1H3. The Morgan fingerprint density at radius 3 is 2.65 bits per heavy atom. The van der Waals surface area contributed by atoms with Crippen LogP contribution in [0.2, 0.25) is 15.1 Å². The number of ether oxygens (including phenoxy) is 1. The first kappa shape index (κ1) is 19.3. The van der Waals surface area contributed by atoms with Crippen LogP contribution in [-0.2, 0) is 19.4 Å². The van der Waals surface area contributed by atoms with Gasteiger partial charge in [-0.1, -0.05) is 52.6 Å². The lowest BCUT2D eigenvalue weighted by Gasteiger charge is -2.08. The van der Waals surface area contributed by atoms with Crippen molar-refractivity contribution in [3.63, 3.8) is 0 Å². The first-order chi connectivity index (χ1) is 12.4. The summed E-state index contributed by atoms with van der Waals surface area (Å²) in [6, 6.07) is 9.34. The molecule has 0 aliphatic heterocycles. The molecule has 0 fully saturated rings. The van der Waals surface area contributed by atoms with Crippen LogP contribution in [0.1, 0.15) is 11.4 Å². The number of aromatic nitrogens is 3. The first-order valence-electron chi connectivity index (χ1n) is 7.47. The molecular weight excluding hydrogens is 420 g/mol. The van der Waals surface area contributed by atoms with Crippen molar-refractivity contribution in [2.24, 2.45) is 7.05 Å². The molecule has 2 aromatic carbocycles. The van der Waals surface area contributed by atoms with E-state index in [-0.39, 0.29) is 12.4 Å². The average molecular weight is 433 g/mol. The molecule has 26 heavy (non-hydrogen) atoms. The summed E-state index contributed by atoms with van der Waals surface area (Å²) in [5, 5.41) is 10.4. The van der Waals surface area contributed by atoms with Crippen LogP contribution < -0.4 is 4.74 Å². The fourth-order valence-electron chi connectivity index (χ4n) is 2.11. The van der Waals surface area contributed by atoms with Gasteiger partial charge in [0.05, 0.1) is 5.02 Å². The molecule has 3 aromatic rings. The number of benzene rings is 2. The summed E-state index contributed by atoms with van der Waals surface area (Å²) in [4.78, 5) is 0. The summed E-state index contributed by atoms with van der Waals surface area (Å²) < 4.78 is 20.6. The van der Waals surface area contributed by atoms with Gasteiger partial charge in [0.2, 0.25) is 0 Å². The topological polar surface area (TPSA) is 39.9 Å². The van der Waals surface area contributed by atoms with Crippen LogP contribution >= 0.6 is 46.6 Å². The van der Waals surface area contributed by atoms with Gasteiger partial charge in [0, 0.05) is 28.9 Å². The second-order valence-corrected chi connectivity index (χ2v) is 7.54. The molecule has 0 spiro atoms. The van der Waals surface area contributed by atoms with E-state index in [0.717, 1.165) is 5.56 Å². The smallest absolute Gasteiger partial charge is 0.191 e. The predicted molar refractivity (Wildman–Crippen MR) is 103 cm³/mol. The number of halogens is 4. The molecule has 0 amide bonds. The molecule has 9 heteroatoms. The molecule has 1 aromatic heterocycles. The Balaban J connectivity index is 1.65. The molecule has 0 saturated carbocycles. The van der Waals surface area contributed by atoms with Gasteiger partial charge in [-0.3, -0.25) is 0 Å². The lowest BCUT2D eigenvalue weighted by Crippen LogP contribution is -2.04. The van der Waals surface area contributed by atoms with E-state index in [2.05, 4.69) is 10.2 Å². The van der Waals surface area contributed by atoms with Crippen molar-refractivity contribution in [1.29, 1.82) is 0 Å². The highest BCUT2D eigenvalue weighted by molar-refractivity contribution is 7.98. The summed E-state index contributed by atoms with van der Waals surface area (Å²) in [5.74, 6) is 1.30.